The molecule has 0 aliphatic carbocycles. The Kier molecular flexibility index (Phi) is 2.88. The molecule has 0 aromatic heterocycles. The first kappa shape index (κ1) is 11.7. The average molecular weight is 254 g/mol. The second-order valence-corrected chi connectivity index (χ2v) is 4.41. The van der Waals surface area contributed by atoms with Gasteiger partial charge in [0.1, 0.15) is 23.9 Å². The third kappa shape index (κ3) is 2.27. The summed E-state index contributed by atoms with van der Waals surface area (Å²) >= 11 is 0. The van der Waals surface area contributed by atoms with Gasteiger partial charge in [-0.1, -0.05) is 12.1 Å². The number of benzene rings is 2. The molecule has 0 spiro atoms. The van der Waals surface area contributed by atoms with Crippen molar-refractivity contribution in [3.63, 3.8) is 0 Å². The lowest BCUT2D eigenvalue weighted by Crippen LogP contribution is -2.06. The van der Waals surface area contributed by atoms with Gasteiger partial charge >= 0.3 is 0 Å². The third-order valence-corrected chi connectivity index (χ3v) is 3.15. The summed E-state index contributed by atoms with van der Waals surface area (Å²) in [7, 11) is 1.66. The molecule has 3 rings (SSSR count). The minimum Gasteiger partial charge on any atom is -0.508 e. The van der Waals surface area contributed by atoms with Crippen LogP contribution in [0.4, 0.5) is 0 Å². The largest absolute Gasteiger partial charge is 0.508 e. The summed E-state index contributed by atoms with van der Waals surface area (Å²) < 4.78 is 10.9. The summed E-state index contributed by atoms with van der Waals surface area (Å²) in [6.45, 7) is 0.490. The Balaban J connectivity index is 2.00. The lowest BCUT2D eigenvalue weighted by molar-refractivity contribution is 0.362. The fourth-order valence-electron chi connectivity index (χ4n) is 2.14. The highest BCUT2D eigenvalue weighted by Gasteiger charge is 2.13. The minimum atomic E-state index is 0.219. The van der Waals surface area contributed by atoms with Gasteiger partial charge in [0.25, 0.3) is 0 Å². The van der Waals surface area contributed by atoms with Gasteiger partial charge in [-0.05, 0) is 41.5 Å². The highest BCUT2D eigenvalue weighted by molar-refractivity contribution is 5.86. The molecule has 1 aliphatic rings. The molecule has 0 fully saturated rings. The molecule has 0 saturated carbocycles. The number of aromatic hydroxyl groups is 1. The predicted molar refractivity (Wildman–Crippen MR) is 74.5 cm³/mol. The van der Waals surface area contributed by atoms with Crippen LogP contribution in [-0.4, -0.2) is 18.8 Å². The Bertz CT molecular complexity index is 644. The van der Waals surface area contributed by atoms with Crippen molar-refractivity contribution in [2.75, 3.05) is 13.7 Å². The van der Waals surface area contributed by atoms with Crippen LogP contribution in [0.15, 0.2) is 42.5 Å². The van der Waals surface area contributed by atoms with Crippen molar-refractivity contribution in [2.24, 2.45) is 0 Å². The highest BCUT2D eigenvalue weighted by atomic mass is 16.5. The maximum absolute atomic E-state index is 9.42. The second kappa shape index (κ2) is 4.69. The molecule has 0 amide bonds. The van der Waals surface area contributed by atoms with Crippen LogP contribution in [0.5, 0.6) is 17.2 Å². The Hall–Kier alpha value is -2.42. The van der Waals surface area contributed by atoms with Crippen molar-refractivity contribution in [1.82, 2.24) is 0 Å². The summed E-state index contributed by atoms with van der Waals surface area (Å²) in [6.07, 6.45) is 2.08. The zero-order chi connectivity index (χ0) is 13.2. The Morgan fingerprint density at radius 2 is 2.05 bits per heavy atom. The van der Waals surface area contributed by atoms with Gasteiger partial charge in [-0.15, -0.1) is 0 Å². The number of hydrogen-bond acceptors (Lipinski definition) is 3. The number of phenolic OH excluding ortho intramolecular Hbond substituents is 1. The molecule has 1 heterocycles. The second-order valence-electron chi connectivity index (χ2n) is 4.41. The van der Waals surface area contributed by atoms with Crippen molar-refractivity contribution in [3.05, 3.63) is 53.6 Å². The fourth-order valence-corrected chi connectivity index (χ4v) is 2.14. The molecular formula is C16H14O3. The minimum absolute atomic E-state index is 0.219. The summed E-state index contributed by atoms with van der Waals surface area (Å²) in [5, 5.41) is 9.42. The molecule has 0 bridgehead atoms. The van der Waals surface area contributed by atoms with Gasteiger partial charge in [0.15, 0.2) is 0 Å². The van der Waals surface area contributed by atoms with E-state index in [-0.39, 0.29) is 5.75 Å². The zero-order valence-corrected chi connectivity index (χ0v) is 10.6. The maximum Gasteiger partial charge on any atom is 0.130 e. The van der Waals surface area contributed by atoms with E-state index >= 15 is 0 Å². The molecule has 2 aromatic carbocycles. The van der Waals surface area contributed by atoms with E-state index in [2.05, 4.69) is 6.08 Å². The molecule has 96 valence electrons. The molecule has 2 aromatic rings. The van der Waals surface area contributed by atoms with Crippen LogP contribution in [-0.2, 0) is 0 Å². The average Bonchev–Trinajstić information content (AvgIpc) is 2.46. The van der Waals surface area contributed by atoms with Gasteiger partial charge in [-0.2, -0.15) is 0 Å². The van der Waals surface area contributed by atoms with Crippen molar-refractivity contribution in [2.45, 2.75) is 0 Å². The van der Waals surface area contributed by atoms with Crippen LogP contribution < -0.4 is 9.47 Å². The molecule has 3 heteroatoms. The summed E-state index contributed by atoms with van der Waals surface area (Å²) in [4.78, 5) is 0. The number of ether oxygens (including phenoxy) is 2. The van der Waals surface area contributed by atoms with Crippen LogP contribution in [0.3, 0.4) is 0 Å². The normalized spacial score (nSPS) is 13.2. The third-order valence-electron chi connectivity index (χ3n) is 3.15. The first-order chi connectivity index (χ1) is 9.26. The number of methoxy groups -OCH3 is 1. The quantitative estimate of drug-likeness (QED) is 0.893. The van der Waals surface area contributed by atoms with E-state index in [4.69, 9.17) is 9.47 Å². The SMILES string of the molecule is COc1cccc(C2=Cc3ccc(O)cc3OC2)c1. The molecule has 0 unspecified atom stereocenters. The zero-order valence-electron chi connectivity index (χ0n) is 10.6. The number of fused-ring (bicyclic) bond motifs is 1. The van der Waals surface area contributed by atoms with Crippen LogP contribution in [0, 0.1) is 0 Å². The molecule has 0 atom stereocenters. The molecule has 3 nitrogen and oxygen atoms in total. The van der Waals surface area contributed by atoms with Gasteiger partial charge in [0.2, 0.25) is 0 Å². The Morgan fingerprint density at radius 1 is 1.16 bits per heavy atom. The maximum atomic E-state index is 9.42. The molecule has 1 aliphatic heterocycles. The standard InChI is InChI=1S/C16H14O3/c1-18-15-4-2-3-11(8-15)13-7-12-5-6-14(17)9-16(12)19-10-13/h2-9,17H,10H2,1H3. The van der Waals surface area contributed by atoms with Crippen molar-refractivity contribution < 1.29 is 14.6 Å². The fraction of sp³-hybridized carbons (Fsp3) is 0.125. The summed E-state index contributed by atoms with van der Waals surface area (Å²) in [5.74, 6) is 1.76. The number of rotatable bonds is 2. The van der Waals surface area contributed by atoms with Crippen LogP contribution in [0.2, 0.25) is 0 Å². The topological polar surface area (TPSA) is 38.7 Å². The van der Waals surface area contributed by atoms with Gasteiger partial charge in [-0.25, -0.2) is 0 Å². The lowest BCUT2D eigenvalue weighted by Gasteiger charge is -2.18. The van der Waals surface area contributed by atoms with Gasteiger partial charge < -0.3 is 14.6 Å². The Morgan fingerprint density at radius 3 is 2.89 bits per heavy atom. The van der Waals surface area contributed by atoms with Gasteiger partial charge in [-0.3, -0.25) is 0 Å². The Labute approximate surface area is 111 Å². The molecule has 19 heavy (non-hydrogen) atoms. The van der Waals surface area contributed by atoms with Crippen molar-refractivity contribution in [3.8, 4) is 17.2 Å². The van der Waals surface area contributed by atoms with E-state index in [1.165, 1.54) is 0 Å². The molecular weight excluding hydrogens is 240 g/mol. The van der Waals surface area contributed by atoms with E-state index in [0.29, 0.717) is 12.4 Å². The smallest absolute Gasteiger partial charge is 0.130 e. The predicted octanol–water partition coefficient (Wildman–Crippen LogP) is 3.33. The van der Waals surface area contributed by atoms with Gasteiger partial charge in [0.05, 0.1) is 7.11 Å². The molecule has 0 saturated heterocycles. The highest BCUT2D eigenvalue weighted by Crippen LogP contribution is 2.33. The number of phenols is 1. The van der Waals surface area contributed by atoms with E-state index in [9.17, 15) is 5.11 Å². The first-order valence-corrected chi connectivity index (χ1v) is 6.07. The van der Waals surface area contributed by atoms with Crippen LogP contribution >= 0.6 is 0 Å². The van der Waals surface area contributed by atoms with Crippen LogP contribution in [0.1, 0.15) is 11.1 Å². The lowest BCUT2D eigenvalue weighted by atomic mass is 10.0. The first-order valence-electron chi connectivity index (χ1n) is 6.07. The van der Waals surface area contributed by atoms with Gasteiger partial charge in [0, 0.05) is 11.6 Å². The summed E-state index contributed by atoms with van der Waals surface area (Å²) in [5.41, 5.74) is 3.15. The van der Waals surface area contributed by atoms with E-state index in [1.807, 2.05) is 30.3 Å². The van der Waals surface area contributed by atoms with E-state index < -0.39 is 0 Å². The van der Waals surface area contributed by atoms with E-state index in [1.54, 1.807) is 19.2 Å². The van der Waals surface area contributed by atoms with Crippen molar-refractivity contribution >= 4 is 11.6 Å². The van der Waals surface area contributed by atoms with E-state index in [0.717, 1.165) is 22.4 Å². The summed E-state index contributed by atoms with van der Waals surface area (Å²) in [6, 6.07) is 13.0. The monoisotopic (exact) mass is 254 g/mol. The van der Waals surface area contributed by atoms with Crippen molar-refractivity contribution in [1.29, 1.82) is 0 Å². The molecule has 1 N–H and O–H groups in total. The van der Waals surface area contributed by atoms with Crippen LogP contribution in [0.25, 0.3) is 11.6 Å². The number of hydrogen-bond donors (Lipinski definition) is 1. The molecule has 0 radical (unpaired) electrons.